The number of hydrogen-bond acceptors (Lipinski definition) is 3. The highest BCUT2D eigenvalue weighted by atomic mass is 79.9. The molecule has 0 saturated heterocycles. The number of pyridine rings is 1. The molecule has 0 aliphatic heterocycles. The lowest BCUT2D eigenvalue weighted by atomic mass is 10.2. The van der Waals surface area contributed by atoms with Crippen molar-refractivity contribution in [1.29, 1.82) is 5.26 Å². The van der Waals surface area contributed by atoms with E-state index < -0.39 is 0 Å². The molecule has 0 atom stereocenters. The largest absolute Gasteiger partial charge is 0.352 e. The van der Waals surface area contributed by atoms with Gasteiger partial charge in [-0.05, 0) is 34.8 Å². The Bertz CT molecular complexity index is 445. The minimum absolute atomic E-state index is 0.183. The van der Waals surface area contributed by atoms with Crippen molar-refractivity contribution >= 4 is 33.4 Å². The van der Waals surface area contributed by atoms with Crippen LogP contribution in [0.2, 0.25) is 5.15 Å². The predicted molar refractivity (Wildman–Crippen MR) is 68.7 cm³/mol. The lowest BCUT2D eigenvalue weighted by Gasteiger charge is -2.05. The van der Waals surface area contributed by atoms with Crippen LogP contribution in [0.1, 0.15) is 29.6 Å². The maximum Gasteiger partial charge on any atom is 0.254 e. The molecule has 1 aromatic rings. The summed E-state index contributed by atoms with van der Waals surface area (Å²) in [5.74, 6) is -0.249. The Hall–Kier alpha value is -1.12. The average Bonchev–Trinajstić information content (AvgIpc) is 2.32. The van der Waals surface area contributed by atoms with Crippen LogP contribution in [0.3, 0.4) is 0 Å². The highest BCUT2D eigenvalue weighted by Gasteiger charge is 2.11. The number of carbonyl (C=O) groups excluding carboxylic acids is 1. The molecule has 1 rings (SSSR count). The molecule has 1 amide bonds. The maximum absolute atomic E-state index is 11.7. The summed E-state index contributed by atoms with van der Waals surface area (Å²) in [7, 11) is 0. The second-order valence-electron chi connectivity index (χ2n) is 3.36. The Morgan fingerprint density at radius 1 is 1.59 bits per heavy atom. The molecule has 17 heavy (non-hydrogen) atoms. The molecule has 1 heterocycles. The van der Waals surface area contributed by atoms with Crippen molar-refractivity contribution in [3.63, 3.8) is 0 Å². The average molecular weight is 317 g/mol. The summed E-state index contributed by atoms with van der Waals surface area (Å²) in [4.78, 5) is 15.6. The number of nitrogens with zero attached hydrogens (tertiary/aromatic N) is 2. The smallest absolute Gasteiger partial charge is 0.254 e. The van der Waals surface area contributed by atoms with Crippen molar-refractivity contribution in [2.24, 2.45) is 0 Å². The molecule has 4 nitrogen and oxygen atoms in total. The van der Waals surface area contributed by atoms with E-state index >= 15 is 0 Å². The number of nitriles is 1. The number of aromatic nitrogens is 1. The summed E-state index contributed by atoms with van der Waals surface area (Å²) in [6.07, 6.45) is 3.60. The fraction of sp³-hybridized carbons (Fsp3) is 0.364. The molecule has 0 fully saturated rings. The maximum atomic E-state index is 11.7. The SMILES string of the molecule is N#CCCCCNC(=O)c1cc(Br)cnc1Cl. The number of rotatable bonds is 5. The number of unbranched alkanes of at least 4 members (excludes halogenated alkanes) is 2. The molecule has 1 aromatic heterocycles. The third-order valence-electron chi connectivity index (χ3n) is 2.05. The third kappa shape index (κ3) is 4.72. The van der Waals surface area contributed by atoms with E-state index in [1.54, 1.807) is 6.07 Å². The van der Waals surface area contributed by atoms with Crippen LogP contribution in [-0.2, 0) is 0 Å². The monoisotopic (exact) mass is 315 g/mol. The topological polar surface area (TPSA) is 65.8 Å². The van der Waals surface area contributed by atoms with Gasteiger partial charge in [0.2, 0.25) is 0 Å². The second-order valence-corrected chi connectivity index (χ2v) is 4.64. The molecule has 6 heteroatoms. The third-order valence-corrected chi connectivity index (χ3v) is 2.79. The molecule has 0 bridgehead atoms. The van der Waals surface area contributed by atoms with Gasteiger partial charge in [-0.15, -0.1) is 0 Å². The van der Waals surface area contributed by atoms with Crippen LogP contribution >= 0.6 is 27.5 Å². The van der Waals surface area contributed by atoms with E-state index in [4.69, 9.17) is 16.9 Å². The van der Waals surface area contributed by atoms with Crippen LogP contribution in [0, 0.1) is 11.3 Å². The summed E-state index contributed by atoms with van der Waals surface area (Å²) in [6.45, 7) is 0.531. The van der Waals surface area contributed by atoms with Gasteiger partial charge in [0.15, 0.2) is 0 Å². The van der Waals surface area contributed by atoms with Gasteiger partial charge in [-0.2, -0.15) is 5.26 Å². The van der Waals surface area contributed by atoms with Gasteiger partial charge < -0.3 is 5.32 Å². The predicted octanol–water partition coefficient (Wildman–Crippen LogP) is 2.92. The van der Waals surface area contributed by atoms with Gasteiger partial charge in [0.25, 0.3) is 5.91 Å². The van der Waals surface area contributed by atoms with E-state index in [-0.39, 0.29) is 11.1 Å². The number of carbonyl (C=O) groups is 1. The van der Waals surface area contributed by atoms with Crippen LogP contribution in [0.4, 0.5) is 0 Å². The van der Waals surface area contributed by atoms with Gasteiger partial charge in [-0.3, -0.25) is 4.79 Å². The van der Waals surface area contributed by atoms with Crippen molar-refractivity contribution in [2.45, 2.75) is 19.3 Å². The van der Waals surface area contributed by atoms with Gasteiger partial charge in [-0.1, -0.05) is 11.6 Å². The fourth-order valence-corrected chi connectivity index (χ4v) is 1.73. The minimum atomic E-state index is -0.249. The first kappa shape index (κ1) is 13.9. The zero-order valence-electron chi connectivity index (χ0n) is 9.04. The van der Waals surface area contributed by atoms with Crippen LogP contribution < -0.4 is 5.32 Å². The molecule has 0 aromatic carbocycles. The Morgan fingerprint density at radius 3 is 3.06 bits per heavy atom. The van der Waals surface area contributed by atoms with E-state index in [0.29, 0.717) is 23.0 Å². The number of amides is 1. The van der Waals surface area contributed by atoms with E-state index in [9.17, 15) is 4.79 Å². The first-order valence-electron chi connectivity index (χ1n) is 5.11. The van der Waals surface area contributed by atoms with E-state index in [1.807, 2.05) is 0 Å². The number of hydrogen-bond donors (Lipinski definition) is 1. The molecule has 0 radical (unpaired) electrons. The highest BCUT2D eigenvalue weighted by Crippen LogP contribution is 2.17. The molecule has 90 valence electrons. The van der Waals surface area contributed by atoms with Crippen LogP contribution in [0.15, 0.2) is 16.7 Å². The summed E-state index contributed by atoms with van der Waals surface area (Å²) in [5, 5.41) is 11.3. The van der Waals surface area contributed by atoms with Gasteiger partial charge in [0, 0.05) is 23.6 Å². The molecule has 0 aliphatic carbocycles. The second kappa shape index (κ2) is 7.25. The molecule has 0 unspecified atom stereocenters. The zero-order valence-corrected chi connectivity index (χ0v) is 11.4. The zero-order chi connectivity index (χ0) is 12.7. The van der Waals surface area contributed by atoms with Crippen molar-refractivity contribution in [3.8, 4) is 6.07 Å². The first-order valence-corrected chi connectivity index (χ1v) is 6.28. The summed E-state index contributed by atoms with van der Waals surface area (Å²) in [5.41, 5.74) is 0.348. The van der Waals surface area contributed by atoms with Crippen LogP contribution in [-0.4, -0.2) is 17.4 Å². The Morgan fingerprint density at radius 2 is 2.35 bits per heavy atom. The van der Waals surface area contributed by atoms with Crippen LogP contribution in [0.25, 0.3) is 0 Å². The fourth-order valence-electron chi connectivity index (χ4n) is 1.21. The summed E-state index contributed by atoms with van der Waals surface area (Å²) >= 11 is 9.05. The van der Waals surface area contributed by atoms with Crippen molar-refractivity contribution < 1.29 is 4.79 Å². The molecule has 0 spiro atoms. The molecule has 0 saturated carbocycles. The standard InChI is InChI=1S/C11H11BrClN3O/c12-8-6-9(10(13)16-7-8)11(17)15-5-3-1-2-4-14/h6-7H,1-3,5H2,(H,15,17). The summed E-state index contributed by atoms with van der Waals surface area (Å²) in [6, 6.07) is 3.68. The quantitative estimate of drug-likeness (QED) is 0.671. The van der Waals surface area contributed by atoms with E-state index in [2.05, 4.69) is 32.3 Å². The minimum Gasteiger partial charge on any atom is -0.352 e. The highest BCUT2D eigenvalue weighted by molar-refractivity contribution is 9.10. The van der Waals surface area contributed by atoms with E-state index in [1.165, 1.54) is 6.20 Å². The van der Waals surface area contributed by atoms with Gasteiger partial charge >= 0.3 is 0 Å². The van der Waals surface area contributed by atoms with E-state index in [0.717, 1.165) is 12.8 Å². The Balaban J connectivity index is 2.47. The molecular weight excluding hydrogens is 305 g/mol. The number of nitrogens with one attached hydrogen (secondary N) is 1. The normalized spacial score (nSPS) is 9.71. The lowest BCUT2D eigenvalue weighted by Crippen LogP contribution is -2.24. The first-order chi connectivity index (χ1) is 8.15. The van der Waals surface area contributed by atoms with Gasteiger partial charge in [-0.25, -0.2) is 4.98 Å². The van der Waals surface area contributed by atoms with Crippen molar-refractivity contribution in [3.05, 3.63) is 27.5 Å². The summed E-state index contributed by atoms with van der Waals surface area (Å²) < 4.78 is 0.705. The lowest BCUT2D eigenvalue weighted by molar-refractivity contribution is 0.0953. The van der Waals surface area contributed by atoms with Gasteiger partial charge in [0.05, 0.1) is 11.6 Å². The van der Waals surface area contributed by atoms with Crippen molar-refractivity contribution in [2.75, 3.05) is 6.54 Å². The molecule has 0 aliphatic rings. The van der Waals surface area contributed by atoms with Crippen LogP contribution in [0.5, 0.6) is 0 Å². The van der Waals surface area contributed by atoms with Crippen molar-refractivity contribution in [1.82, 2.24) is 10.3 Å². The molecular formula is C11H11BrClN3O. The Labute approximate surface area is 113 Å². The Kier molecular flexibility index (Phi) is 5.95. The molecule has 1 N–H and O–H groups in total. The van der Waals surface area contributed by atoms with Gasteiger partial charge in [0.1, 0.15) is 5.15 Å². The number of halogens is 2.